The third-order valence-electron chi connectivity index (χ3n) is 1.43. The third-order valence-corrected chi connectivity index (χ3v) is 5.56. The smallest absolute Gasteiger partial charge is 0.178 e. The number of rotatable bonds is 3. The van der Waals surface area contributed by atoms with Crippen LogP contribution in [0.4, 0.5) is 0 Å². The van der Waals surface area contributed by atoms with E-state index in [0.717, 1.165) is 0 Å². The van der Waals surface area contributed by atoms with Gasteiger partial charge in [-0.25, -0.2) is 0 Å². The SMILES string of the molecule is C[SiH](C)O[SiH2]c1ccccc1. The molecule has 0 aromatic heterocycles. The van der Waals surface area contributed by atoms with Crippen LogP contribution in [0.5, 0.6) is 0 Å². The van der Waals surface area contributed by atoms with E-state index in [9.17, 15) is 0 Å². The lowest BCUT2D eigenvalue weighted by molar-refractivity contribution is 0.635. The summed E-state index contributed by atoms with van der Waals surface area (Å²) < 4.78 is 5.71. The molecular formula is C8H14OSi2. The fraction of sp³-hybridized carbons (Fsp3) is 0.250. The molecule has 0 saturated heterocycles. The van der Waals surface area contributed by atoms with E-state index in [1.807, 2.05) is 6.07 Å². The third kappa shape index (κ3) is 3.50. The summed E-state index contributed by atoms with van der Waals surface area (Å²) in [5.41, 5.74) is 0. The van der Waals surface area contributed by atoms with Crippen molar-refractivity contribution in [3.63, 3.8) is 0 Å². The Morgan fingerprint density at radius 2 is 1.82 bits per heavy atom. The summed E-state index contributed by atoms with van der Waals surface area (Å²) in [6.07, 6.45) is 0. The van der Waals surface area contributed by atoms with Crippen molar-refractivity contribution >= 4 is 24.0 Å². The highest BCUT2D eigenvalue weighted by molar-refractivity contribution is 6.61. The number of benzene rings is 1. The Morgan fingerprint density at radius 3 is 2.36 bits per heavy atom. The Bertz CT molecular complexity index is 199. The normalized spacial score (nSPS) is 11.5. The zero-order chi connectivity index (χ0) is 8.10. The minimum absolute atomic E-state index is 0.397. The molecule has 11 heavy (non-hydrogen) atoms. The Balaban J connectivity index is 2.39. The van der Waals surface area contributed by atoms with Crippen molar-refractivity contribution in [3.8, 4) is 0 Å². The van der Waals surface area contributed by atoms with Gasteiger partial charge in [0.15, 0.2) is 18.8 Å². The van der Waals surface area contributed by atoms with Gasteiger partial charge in [0.05, 0.1) is 0 Å². The molecule has 0 N–H and O–H groups in total. The summed E-state index contributed by atoms with van der Waals surface area (Å²) in [5, 5.41) is 1.41. The first-order valence-electron chi connectivity index (χ1n) is 3.94. The van der Waals surface area contributed by atoms with Crippen LogP contribution < -0.4 is 5.19 Å². The molecule has 0 aliphatic carbocycles. The highest BCUT2D eigenvalue weighted by Gasteiger charge is 1.96. The lowest BCUT2D eigenvalue weighted by atomic mass is 10.4. The van der Waals surface area contributed by atoms with Crippen LogP contribution in [0.2, 0.25) is 13.1 Å². The fourth-order valence-corrected chi connectivity index (χ4v) is 3.40. The molecule has 0 amide bonds. The highest BCUT2D eigenvalue weighted by atomic mass is 28.3. The van der Waals surface area contributed by atoms with Gasteiger partial charge in [-0.3, -0.25) is 0 Å². The molecule has 60 valence electrons. The van der Waals surface area contributed by atoms with Gasteiger partial charge in [0, 0.05) is 0 Å². The standard InChI is InChI=1S/C8H14OSi2/c1-11(2)9-10-8-6-4-3-5-7-8/h3-7,11H,10H2,1-2H3. The first-order chi connectivity index (χ1) is 5.29. The maximum atomic E-state index is 5.71. The Morgan fingerprint density at radius 1 is 1.18 bits per heavy atom. The molecular weight excluding hydrogens is 168 g/mol. The van der Waals surface area contributed by atoms with Crippen molar-refractivity contribution in [2.75, 3.05) is 0 Å². The minimum atomic E-state index is -0.779. The molecule has 1 nitrogen and oxygen atoms in total. The number of hydrogen-bond acceptors (Lipinski definition) is 1. The van der Waals surface area contributed by atoms with Gasteiger partial charge in [-0.05, 0) is 18.3 Å². The second kappa shape index (κ2) is 4.48. The van der Waals surface area contributed by atoms with Crippen molar-refractivity contribution in [2.45, 2.75) is 13.1 Å². The molecule has 1 aromatic carbocycles. The molecule has 0 fully saturated rings. The average Bonchev–Trinajstić information content (AvgIpc) is 2.03. The van der Waals surface area contributed by atoms with Crippen molar-refractivity contribution in [2.24, 2.45) is 0 Å². The topological polar surface area (TPSA) is 9.23 Å². The van der Waals surface area contributed by atoms with Crippen LogP contribution in [-0.4, -0.2) is 18.8 Å². The van der Waals surface area contributed by atoms with Gasteiger partial charge in [-0.1, -0.05) is 30.3 Å². The molecule has 3 heteroatoms. The van der Waals surface area contributed by atoms with Crippen LogP contribution in [0.3, 0.4) is 0 Å². The quantitative estimate of drug-likeness (QED) is 0.615. The van der Waals surface area contributed by atoms with Crippen molar-refractivity contribution in [1.29, 1.82) is 0 Å². The molecule has 0 aliphatic heterocycles. The zero-order valence-electron chi connectivity index (χ0n) is 7.08. The molecule has 1 aromatic rings. The lowest BCUT2D eigenvalue weighted by Gasteiger charge is -2.05. The lowest BCUT2D eigenvalue weighted by Crippen LogP contribution is -2.22. The van der Waals surface area contributed by atoms with Gasteiger partial charge >= 0.3 is 0 Å². The van der Waals surface area contributed by atoms with Crippen molar-refractivity contribution in [1.82, 2.24) is 0 Å². The highest BCUT2D eigenvalue weighted by Crippen LogP contribution is 1.84. The first kappa shape index (κ1) is 8.71. The van der Waals surface area contributed by atoms with Gasteiger partial charge in [-0.15, -0.1) is 0 Å². The van der Waals surface area contributed by atoms with E-state index in [4.69, 9.17) is 4.12 Å². The Hall–Kier alpha value is -0.386. The van der Waals surface area contributed by atoms with Gasteiger partial charge in [0.1, 0.15) is 0 Å². The van der Waals surface area contributed by atoms with Crippen LogP contribution in [0, 0.1) is 0 Å². The first-order valence-corrected chi connectivity index (χ1v) is 8.01. The van der Waals surface area contributed by atoms with E-state index in [-0.39, 0.29) is 0 Å². The fourth-order valence-electron chi connectivity index (χ4n) is 0.837. The van der Waals surface area contributed by atoms with E-state index >= 15 is 0 Å². The molecule has 0 spiro atoms. The van der Waals surface area contributed by atoms with Crippen LogP contribution in [0.1, 0.15) is 0 Å². The average molecular weight is 182 g/mol. The van der Waals surface area contributed by atoms with Gasteiger partial charge in [-0.2, -0.15) is 0 Å². The number of hydrogen-bond donors (Lipinski definition) is 0. The van der Waals surface area contributed by atoms with Crippen LogP contribution in [0.15, 0.2) is 30.3 Å². The molecule has 0 atom stereocenters. The van der Waals surface area contributed by atoms with E-state index in [1.165, 1.54) is 5.19 Å². The van der Waals surface area contributed by atoms with E-state index < -0.39 is 18.8 Å². The summed E-state index contributed by atoms with van der Waals surface area (Å²) in [6, 6.07) is 10.5. The maximum absolute atomic E-state index is 5.71. The summed E-state index contributed by atoms with van der Waals surface area (Å²) in [5.74, 6) is 0. The molecule has 0 saturated carbocycles. The van der Waals surface area contributed by atoms with Crippen LogP contribution in [-0.2, 0) is 4.12 Å². The summed E-state index contributed by atoms with van der Waals surface area (Å²) in [7, 11) is -1.18. The van der Waals surface area contributed by atoms with E-state index in [2.05, 4.69) is 37.4 Å². The van der Waals surface area contributed by atoms with E-state index in [0.29, 0.717) is 0 Å². The monoisotopic (exact) mass is 182 g/mol. The maximum Gasteiger partial charge on any atom is 0.178 e. The summed E-state index contributed by atoms with van der Waals surface area (Å²) in [6.45, 7) is 4.44. The van der Waals surface area contributed by atoms with Crippen molar-refractivity contribution in [3.05, 3.63) is 30.3 Å². The minimum Gasteiger partial charge on any atom is -0.459 e. The molecule has 0 radical (unpaired) electrons. The second-order valence-corrected chi connectivity index (χ2v) is 7.38. The van der Waals surface area contributed by atoms with Crippen LogP contribution in [0.25, 0.3) is 0 Å². The molecule has 0 unspecified atom stereocenters. The molecule has 0 aliphatic rings. The van der Waals surface area contributed by atoms with Gasteiger partial charge < -0.3 is 4.12 Å². The van der Waals surface area contributed by atoms with Crippen LogP contribution >= 0.6 is 0 Å². The second-order valence-electron chi connectivity index (χ2n) is 2.85. The predicted octanol–water partition coefficient (Wildman–Crippen LogP) is 0.396. The van der Waals surface area contributed by atoms with Crippen molar-refractivity contribution < 1.29 is 4.12 Å². The summed E-state index contributed by atoms with van der Waals surface area (Å²) >= 11 is 0. The van der Waals surface area contributed by atoms with Gasteiger partial charge in [0.25, 0.3) is 0 Å². The predicted molar refractivity (Wildman–Crippen MR) is 54.6 cm³/mol. The molecule has 0 bridgehead atoms. The molecule has 0 heterocycles. The molecule has 1 rings (SSSR count). The zero-order valence-corrected chi connectivity index (χ0v) is 9.65. The summed E-state index contributed by atoms with van der Waals surface area (Å²) in [4.78, 5) is 0. The van der Waals surface area contributed by atoms with Gasteiger partial charge in [0.2, 0.25) is 0 Å². The Kier molecular flexibility index (Phi) is 3.55. The van der Waals surface area contributed by atoms with E-state index in [1.54, 1.807) is 0 Å². The largest absolute Gasteiger partial charge is 0.459 e. The Labute approximate surface area is 72.1 Å².